The minimum Gasteiger partial charge on any atom is -0.302 e. The topological polar surface area (TPSA) is 3.24 Å². The van der Waals surface area contributed by atoms with Crippen LogP contribution in [0.3, 0.4) is 0 Å². The van der Waals surface area contributed by atoms with Gasteiger partial charge in [-0.05, 0) is 26.9 Å². The number of hydrogen-bond donors (Lipinski definition) is 0. The zero-order valence-electron chi connectivity index (χ0n) is 4.36. The van der Waals surface area contributed by atoms with Crippen LogP contribution < -0.4 is 0 Å². The fraction of sp³-hybridized carbons (Fsp3) is 0.800. The molecule has 6 heavy (non-hydrogen) atoms. The van der Waals surface area contributed by atoms with E-state index in [0.29, 0.717) is 0 Å². The highest BCUT2D eigenvalue weighted by atomic mass is 15.1. The lowest BCUT2D eigenvalue weighted by Gasteiger charge is -2.02. The van der Waals surface area contributed by atoms with E-state index in [2.05, 4.69) is 19.0 Å². The van der Waals surface area contributed by atoms with E-state index in [-0.39, 0.29) is 0 Å². The van der Waals surface area contributed by atoms with E-state index in [9.17, 15) is 0 Å². The third kappa shape index (κ3) is 0.716. The standard InChI is InChI=1S/C5H10N/c1-6(2)5-3-4-5/h3-4H2,1-2H3. The molecule has 0 aliphatic heterocycles. The molecule has 1 rings (SSSR count). The lowest BCUT2D eigenvalue weighted by Crippen LogP contribution is -2.06. The second-order valence-electron chi connectivity index (χ2n) is 1.96. The van der Waals surface area contributed by atoms with Gasteiger partial charge in [0, 0.05) is 6.04 Å². The van der Waals surface area contributed by atoms with Crippen molar-refractivity contribution in [2.75, 3.05) is 14.1 Å². The Balaban J connectivity index is 2.13. The van der Waals surface area contributed by atoms with Gasteiger partial charge in [-0.3, -0.25) is 0 Å². The molecular formula is C5H10N. The largest absolute Gasteiger partial charge is 0.302 e. The highest BCUT2D eigenvalue weighted by Gasteiger charge is 2.23. The van der Waals surface area contributed by atoms with Crippen LogP contribution in [0.15, 0.2) is 0 Å². The molecule has 0 aromatic heterocycles. The third-order valence-electron chi connectivity index (χ3n) is 1.11. The highest BCUT2D eigenvalue weighted by Crippen LogP contribution is 2.32. The van der Waals surface area contributed by atoms with E-state index in [1.807, 2.05) is 0 Å². The second kappa shape index (κ2) is 1.23. The monoisotopic (exact) mass is 84.1 g/mol. The predicted molar refractivity (Wildman–Crippen MR) is 26.2 cm³/mol. The van der Waals surface area contributed by atoms with Crippen molar-refractivity contribution in [1.82, 2.24) is 4.90 Å². The van der Waals surface area contributed by atoms with E-state index >= 15 is 0 Å². The van der Waals surface area contributed by atoms with Crippen LogP contribution in [-0.4, -0.2) is 19.0 Å². The summed E-state index contributed by atoms with van der Waals surface area (Å²) in [6.07, 6.45) is 2.68. The molecule has 1 heteroatoms. The van der Waals surface area contributed by atoms with Crippen molar-refractivity contribution in [3.63, 3.8) is 0 Å². The zero-order valence-corrected chi connectivity index (χ0v) is 4.36. The molecular weight excluding hydrogens is 74.1 g/mol. The zero-order chi connectivity index (χ0) is 4.57. The summed E-state index contributed by atoms with van der Waals surface area (Å²) in [5.74, 6) is 0. The van der Waals surface area contributed by atoms with Gasteiger partial charge in [0.15, 0.2) is 0 Å². The quantitative estimate of drug-likeness (QED) is 0.455. The first-order valence-electron chi connectivity index (χ1n) is 2.33. The van der Waals surface area contributed by atoms with Gasteiger partial charge in [0.25, 0.3) is 0 Å². The molecule has 0 unspecified atom stereocenters. The van der Waals surface area contributed by atoms with E-state index in [1.54, 1.807) is 6.04 Å². The lowest BCUT2D eigenvalue weighted by molar-refractivity contribution is 0.483. The molecule has 0 aromatic rings. The van der Waals surface area contributed by atoms with Gasteiger partial charge in [-0.2, -0.15) is 0 Å². The van der Waals surface area contributed by atoms with Gasteiger partial charge in [0.1, 0.15) is 0 Å². The minimum atomic E-state index is 1.34. The average Bonchev–Trinajstić information content (AvgIpc) is 2.06. The van der Waals surface area contributed by atoms with Crippen LogP contribution in [-0.2, 0) is 0 Å². The maximum atomic E-state index is 2.19. The van der Waals surface area contributed by atoms with Crippen molar-refractivity contribution in [1.29, 1.82) is 0 Å². The predicted octanol–water partition coefficient (Wildman–Crippen LogP) is 0.874. The number of rotatable bonds is 1. The maximum Gasteiger partial charge on any atom is 0.0388 e. The van der Waals surface area contributed by atoms with Crippen LogP contribution in [0.5, 0.6) is 0 Å². The van der Waals surface area contributed by atoms with Gasteiger partial charge in [-0.15, -0.1) is 0 Å². The Hall–Kier alpha value is -0.0400. The Labute approximate surface area is 39.0 Å². The Kier molecular flexibility index (Phi) is 0.845. The number of hydrogen-bond acceptors (Lipinski definition) is 1. The molecule has 0 heterocycles. The second-order valence-corrected chi connectivity index (χ2v) is 1.96. The summed E-state index contributed by atoms with van der Waals surface area (Å²) in [6.45, 7) is 0. The Bertz CT molecular complexity index is 45.9. The summed E-state index contributed by atoms with van der Waals surface area (Å²) in [4.78, 5) is 2.19. The van der Waals surface area contributed by atoms with Crippen molar-refractivity contribution in [2.45, 2.75) is 12.8 Å². The van der Waals surface area contributed by atoms with Crippen LogP contribution in [0.2, 0.25) is 0 Å². The van der Waals surface area contributed by atoms with Crippen molar-refractivity contribution in [2.24, 2.45) is 0 Å². The maximum absolute atomic E-state index is 2.19. The fourth-order valence-corrected chi connectivity index (χ4v) is 0.503. The van der Waals surface area contributed by atoms with Gasteiger partial charge in [-0.25, -0.2) is 0 Å². The first-order chi connectivity index (χ1) is 2.80. The molecule has 0 atom stereocenters. The molecule has 1 radical (unpaired) electrons. The normalized spacial score (nSPS) is 22.5. The van der Waals surface area contributed by atoms with Crippen molar-refractivity contribution >= 4 is 0 Å². The van der Waals surface area contributed by atoms with Crippen LogP contribution in [0.25, 0.3) is 0 Å². The van der Waals surface area contributed by atoms with Crippen LogP contribution in [0, 0.1) is 6.04 Å². The molecule has 1 saturated carbocycles. The molecule has 0 amide bonds. The molecule has 35 valence electrons. The minimum absolute atomic E-state index is 1.34. The molecule has 0 bridgehead atoms. The molecule has 0 N–H and O–H groups in total. The van der Waals surface area contributed by atoms with Gasteiger partial charge in [0.2, 0.25) is 0 Å². The smallest absolute Gasteiger partial charge is 0.0388 e. The fourth-order valence-electron chi connectivity index (χ4n) is 0.503. The first-order valence-corrected chi connectivity index (χ1v) is 2.33. The summed E-state index contributed by atoms with van der Waals surface area (Å²) in [6, 6.07) is 1.59. The lowest BCUT2D eigenvalue weighted by atomic mass is 10.6. The van der Waals surface area contributed by atoms with Crippen LogP contribution in [0.4, 0.5) is 0 Å². The van der Waals surface area contributed by atoms with E-state index < -0.39 is 0 Å². The van der Waals surface area contributed by atoms with Crippen LogP contribution in [0.1, 0.15) is 12.8 Å². The van der Waals surface area contributed by atoms with E-state index in [1.165, 1.54) is 12.8 Å². The van der Waals surface area contributed by atoms with Crippen LogP contribution >= 0.6 is 0 Å². The molecule has 1 fully saturated rings. The molecule has 1 aliphatic rings. The molecule has 0 saturated heterocycles. The molecule has 0 aromatic carbocycles. The first kappa shape index (κ1) is 4.13. The van der Waals surface area contributed by atoms with Gasteiger partial charge < -0.3 is 4.90 Å². The van der Waals surface area contributed by atoms with Gasteiger partial charge >= 0.3 is 0 Å². The molecule has 1 aliphatic carbocycles. The summed E-state index contributed by atoms with van der Waals surface area (Å²) in [5.41, 5.74) is 0. The summed E-state index contributed by atoms with van der Waals surface area (Å²) < 4.78 is 0. The average molecular weight is 84.1 g/mol. The molecule has 1 nitrogen and oxygen atoms in total. The highest BCUT2D eigenvalue weighted by molar-refractivity contribution is 5.01. The van der Waals surface area contributed by atoms with E-state index in [0.717, 1.165) is 0 Å². The Morgan fingerprint density at radius 3 is 1.83 bits per heavy atom. The van der Waals surface area contributed by atoms with Crippen molar-refractivity contribution < 1.29 is 0 Å². The van der Waals surface area contributed by atoms with Gasteiger partial charge in [-0.1, -0.05) is 0 Å². The summed E-state index contributed by atoms with van der Waals surface area (Å²) >= 11 is 0. The Morgan fingerprint density at radius 2 is 1.83 bits per heavy atom. The Morgan fingerprint density at radius 1 is 1.33 bits per heavy atom. The van der Waals surface area contributed by atoms with Crippen molar-refractivity contribution in [3.8, 4) is 0 Å². The van der Waals surface area contributed by atoms with E-state index in [4.69, 9.17) is 0 Å². The third-order valence-corrected chi connectivity index (χ3v) is 1.11. The van der Waals surface area contributed by atoms with Crippen molar-refractivity contribution in [3.05, 3.63) is 6.04 Å². The molecule has 0 spiro atoms. The number of nitrogens with zero attached hydrogens (tertiary/aromatic N) is 1. The SMILES string of the molecule is CN(C)[C]1CC1. The summed E-state index contributed by atoms with van der Waals surface area (Å²) in [5, 5.41) is 0. The van der Waals surface area contributed by atoms with Gasteiger partial charge in [0.05, 0.1) is 0 Å². The summed E-state index contributed by atoms with van der Waals surface area (Å²) in [7, 11) is 4.20.